The highest BCUT2D eigenvalue weighted by Gasteiger charge is 2.32. The van der Waals surface area contributed by atoms with Crippen molar-refractivity contribution < 1.29 is 14.3 Å². The molecule has 0 radical (unpaired) electrons. The molecule has 1 aromatic rings. The lowest BCUT2D eigenvalue weighted by molar-refractivity contribution is -0.138. The van der Waals surface area contributed by atoms with Crippen LogP contribution in [0, 0.1) is 5.92 Å². The number of hydrogen-bond acceptors (Lipinski definition) is 4. The van der Waals surface area contributed by atoms with Crippen molar-refractivity contribution in [3.8, 4) is 0 Å². The third-order valence-electron chi connectivity index (χ3n) is 4.24. The molecule has 1 amide bonds. The number of ether oxygens (including phenoxy) is 2. The van der Waals surface area contributed by atoms with Crippen LogP contribution in [0.3, 0.4) is 0 Å². The van der Waals surface area contributed by atoms with Gasteiger partial charge in [0.15, 0.2) is 6.29 Å². The summed E-state index contributed by atoms with van der Waals surface area (Å²) >= 11 is 7.57. The van der Waals surface area contributed by atoms with Crippen LogP contribution in [0.4, 0.5) is 0 Å². The minimum Gasteiger partial charge on any atom is -0.350 e. The summed E-state index contributed by atoms with van der Waals surface area (Å²) in [5.74, 6) is 1.34. The van der Waals surface area contributed by atoms with Crippen LogP contribution in [0.2, 0.25) is 5.02 Å². The van der Waals surface area contributed by atoms with Gasteiger partial charge in [0, 0.05) is 41.1 Å². The zero-order chi connectivity index (χ0) is 16.1. The molecule has 3 rings (SSSR count). The van der Waals surface area contributed by atoms with Crippen LogP contribution in [0.1, 0.15) is 19.3 Å². The number of carbonyl (C=O) groups excluding carboxylic acids is 1. The minimum absolute atomic E-state index is 0.117. The Kier molecular flexibility index (Phi) is 6.22. The van der Waals surface area contributed by atoms with E-state index < -0.39 is 0 Å². The van der Waals surface area contributed by atoms with Gasteiger partial charge in [-0.2, -0.15) is 0 Å². The Hall–Kier alpha value is -0.750. The number of rotatable bonds is 5. The summed E-state index contributed by atoms with van der Waals surface area (Å²) in [4.78, 5) is 15.5. The van der Waals surface area contributed by atoms with Gasteiger partial charge in [-0.15, -0.1) is 11.8 Å². The fraction of sp³-hybridized carbons (Fsp3) is 0.588. The van der Waals surface area contributed by atoms with E-state index in [1.807, 2.05) is 29.2 Å². The lowest BCUT2D eigenvalue weighted by Crippen LogP contribution is -2.43. The van der Waals surface area contributed by atoms with Gasteiger partial charge in [-0.1, -0.05) is 11.6 Å². The maximum Gasteiger partial charge on any atom is 0.223 e. The molecule has 0 saturated carbocycles. The van der Waals surface area contributed by atoms with E-state index >= 15 is 0 Å². The van der Waals surface area contributed by atoms with Crippen LogP contribution < -0.4 is 0 Å². The molecule has 23 heavy (non-hydrogen) atoms. The topological polar surface area (TPSA) is 38.8 Å². The highest BCUT2D eigenvalue weighted by Crippen LogP contribution is 2.26. The summed E-state index contributed by atoms with van der Waals surface area (Å²) in [6, 6.07) is 7.73. The van der Waals surface area contributed by atoms with Crippen LogP contribution in [0.25, 0.3) is 0 Å². The number of thioether (sulfide) groups is 1. The van der Waals surface area contributed by atoms with Gasteiger partial charge in [-0.05, 0) is 37.1 Å². The number of nitrogens with zero attached hydrogens (tertiary/aromatic N) is 1. The monoisotopic (exact) mass is 355 g/mol. The van der Waals surface area contributed by atoms with E-state index in [9.17, 15) is 4.79 Å². The van der Waals surface area contributed by atoms with Gasteiger partial charge in [-0.3, -0.25) is 4.79 Å². The molecular weight excluding hydrogens is 334 g/mol. The molecule has 1 aromatic carbocycles. The summed E-state index contributed by atoms with van der Waals surface area (Å²) in [5.41, 5.74) is 0. The van der Waals surface area contributed by atoms with Crippen molar-refractivity contribution in [2.75, 3.05) is 32.1 Å². The number of benzene rings is 1. The largest absolute Gasteiger partial charge is 0.350 e. The number of piperidine rings is 1. The van der Waals surface area contributed by atoms with Crippen LogP contribution in [0.15, 0.2) is 29.2 Å². The Bertz CT molecular complexity index is 519. The molecule has 2 aliphatic heterocycles. The number of likely N-dealkylation sites (tertiary alicyclic amines) is 1. The molecule has 2 heterocycles. The fourth-order valence-electron chi connectivity index (χ4n) is 3.05. The van der Waals surface area contributed by atoms with Crippen LogP contribution in [-0.2, 0) is 14.3 Å². The molecule has 4 nitrogen and oxygen atoms in total. The second-order valence-corrected chi connectivity index (χ2v) is 7.51. The second kappa shape index (κ2) is 8.38. The molecule has 126 valence electrons. The van der Waals surface area contributed by atoms with Crippen molar-refractivity contribution in [1.29, 1.82) is 0 Å². The van der Waals surface area contributed by atoms with Crippen molar-refractivity contribution in [3.05, 3.63) is 29.3 Å². The van der Waals surface area contributed by atoms with Crippen LogP contribution >= 0.6 is 23.4 Å². The first-order valence-electron chi connectivity index (χ1n) is 8.12. The summed E-state index contributed by atoms with van der Waals surface area (Å²) in [6.45, 7) is 2.96. The molecule has 0 bridgehead atoms. The van der Waals surface area contributed by atoms with E-state index in [0.717, 1.165) is 41.6 Å². The van der Waals surface area contributed by atoms with Crippen molar-refractivity contribution in [3.63, 3.8) is 0 Å². The first kappa shape index (κ1) is 17.1. The number of halogens is 1. The van der Waals surface area contributed by atoms with Crippen molar-refractivity contribution in [1.82, 2.24) is 4.90 Å². The van der Waals surface area contributed by atoms with Gasteiger partial charge in [0.25, 0.3) is 0 Å². The smallest absolute Gasteiger partial charge is 0.223 e. The van der Waals surface area contributed by atoms with Gasteiger partial charge in [-0.25, -0.2) is 0 Å². The zero-order valence-electron chi connectivity index (χ0n) is 13.1. The zero-order valence-corrected chi connectivity index (χ0v) is 14.7. The molecule has 0 spiro atoms. The van der Waals surface area contributed by atoms with Gasteiger partial charge in [0.05, 0.1) is 13.2 Å². The Morgan fingerprint density at radius 1 is 1.26 bits per heavy atom. The Labute approximate surface area is 146 Å². The molecule has 0 aliphatic carbocycles. The van der Waals surface area contributed by atoms with Gasteiger partial charge in [0.1, 0.15) is 0 Å². The number of amides is 1. The van der Waals surface area contributed by atoms with E-state index in [0.29, 0.717) is 25.6 Å². The molecule has 6 heteroatoms. The van der Waals surface area contributed by atoms with Gasteiger partial charge < -0.3 is 14.4 Å². The van der Waals surface area contributed by atoms with Crippen molar-refractivity contribution in [2.45, 2.75) is 30.4 Å². The third-order valence-corrected chi connectivity index (χ3v) is 5.51. The molecular formula is C17H22ClNO3S. The molecule has 2 aliphatic rings. The third kappa shape index (κ3) is 4.86. The predicted molar refractivity (Wildman–Crippen MR) is 91.8 cm³/mol. The molecule has 1 atom stereocenters. The average molecular weight is 356 g/mol. The lowest BCUT2D eigenvalue weighted by atomic mass is 9.97. The lowest BCUT2D eigenvalue weighted by Gasteiger charge is -2.34. The maximum atomic E-state index is 12.4. The maximum absolute atomic E-state index is 12.4. The van der Waals surface area contributed by atoms with E-state index in [4.69, 9.17) is 21.1 Å². The van der Waals surface area contributed by atoms with E-state index in [-0.39, 0.29) is 12.2 Å². The highest BCUT2D eigenvalue weighted by molar-refractivity contribution is 7.99. The Morgan fingerprint density at radius 2 is 2.00 bits per heavy atom. The average Bonchev–Trinajstić information content (AvgIpc) is 3.11. The molecule has 2 fully saturated rings. The minimum atomic E-state index is -0.117. The molecule has 2 saturated heterocycles. The SMILES string of the molecule is O=C(CCSc1ccc(Cl)cc1)N1CCCC(C2OCCO2)C1. The standard InChI is InChI=1S/C17H22ClNO3S/c18-14-3-5-15(6-4-14)23-11-7-16(20)19-8-1-2-13(12-19)17-21-9-10-22-17/h3-6,13,17H,1-2,7-12H2. The van der Waals surface area contributed by atoms with E-state index in [1.54, 1.807) is 11.8 Å². The van der Waals surface area contributed by atoms with Crippen molar-refractivity contribution >= 4 is 29.3 Å². The van der Waals surface area contributed by atoms with E-state index in [1.165, 1.54) is 0 Å². The Balaban J connectivity index is 1.43. The quantitative estimate of drug-likeness (QED) is 0.758. The highest BCUT2D eigenvalue weighted by atomic mass is 35.5. The fourth-order valence-corrected chi connectivity index (χ4v) is 4.02. The summed E-state index contributed by atoms with van der Waals surface area (Å²) in [7, 11) is 0. The van der Waals surface area contributed by atoms with Crippen LogP contribution in [-0.4, -0.2) is 49.2 Å². The first-order chi connectivity index (χ1) is 11.2. The number of carbonyl (C=O) groups is 1. The van der Waals surface area contributed by atoms with Crippen LogP contribution in [0.5, 0.6) is 0 Å². The summed E-state index contributed by atoms with van der Waals surface area (Å²) in [5, 5.41) is 0.737. The summed E-state index contributed by atoms with van der Waals surface area (Å²) < 4.78 is 11.2. The van der Waals surface area contributed by atoms with Crippen molar-refractivity contribution in [2.24, 2.45) is 5.92 Å². The van der Waals surface area contributed by atoms with Gasteiger partial charge >= 0.3 is 0 Å². The second-order valence-electron chi connectivity index (χ2n) is 5.90. The Morgan fingerprint density at radius 3 is 2.74 bits per heavy atom. The molecule has 0 aromatic heterocycles. The number of hydrogen-bond donors (Lipinski definition) is 0. The van der Waals surface area contributed by atoms with E-state index in [2.05, 4.69) is 0 Å². The first-order valence-corrected chi connectivity index (χ1v) is 9.48. The molecule has 0 N–H and O–H groups in total. The summed E-state index contributed by atoms with van der Waals surface area (Å²) in [6.07, 6.45) is 2.55. The predicted octanol–water partition coefficient (Wildman–Crippen LogP) is 3.43. The normalized spacial score (nSPS) is 22.5. The molecule has 1 unspecified atom stereocenters. The van der Waals surface area contributed by atoms with Gasteiger partial charge in [0.2, 0.25) is 5.91 Å².